The lowest BCUT2D eigenvalue weighted by Gasteiger charge is -2.10. The number of carbonyl (C=O) groups excluding carboxylic acids is 1. The molecule has 8 heteroatoms. The Kier molecular flexibility index (Phi) is 5.38. The van der Waals surface area contributed by atoms with Crippen LogP contribution in [0, 0.1) is 12.8 Å². The van der Waals surface area contributed by atoms with E-state index in [0.717, 1.165) is 17.8 Å². The molecule has 118 valence electrons. The third-order valence-corrected chi connectivity index (χ3v) is 4.22. The number of amides is 1. The summed E-state index contributed by atoms with van der Waals surface area (Å²) in [5.74, 6) is -3.31. The predicted molar refractivity (Wildman–Crippen MR) is 73.9 cm³/mol. The molecule has 1 rings (SSSR count). The maximum Gasteiger partial charge on any atom is 0.471 e. The molecule has 1 aromatic heterocycles. The van der Waals surface area contributed by atoms with E-state index in [1.807, 2.05) is 13.8 Å². The monoisotopic (exact) mass is 323 g/mol. The van der Waals surface area contributed by atoms with Crippen molar-refractivity contribution in [1.82, 2.24) is 0 Å². The number of carboxylic acid groups (broad SMARTS) is 1. The van der Waals surface area contributed by atoms with Gasteiger partial charge in [0.05, 0.1) is 5.56 Å². The molecule has 1 heterocycles. The van der Waals surface area contributed by atoms with E-state index in [2.05, 4.69) is 0 Å². The zero-order valence-corrected chi connectivity index (χ0v) is 12.6. The predicted octanol–water partition coefficient (Wildman–Crippen LogP) is 3.84. The first kappa shape index (κ1) is 17.5. The Balaban J connectivity index is 3.19. The lowest BCUT2D eigenvalue weighted by atomic mass is 9.96. The molecule has 0 aliphatic rings. The Morgan fingerprint density at radius 1 is 1.38 bits per heavy atom. The fraction of sp³-hybridized carbons (Fsp3) is 0.538. The summed E-state index contributed by atoms with van der Waals surface area (Å²) >= 11 is 0.853. The molecular formula is C13H16F3NO3S. The van der Waals surface area contributed by atoms with Crippen LogP contribution in [0.2, 0.25) is 0 Å². The summed E-state index contributed by atoms with van der Waals surface area (Å²) in [5.41, 5.74) is 0.245. The number of anilines is 1. The topological polar surface area (TPSA) is 66.4 Å². The Labute approximate surface area is 124 Å². The van der Waals surface area contributed by atoms with Crippen LogP contribution >= 0.6 is 11.3 Å². The van der Waals surface area contributed by atoms with Gasteiger partial charge in [0.25, 0.3) is 0 Å². The fourth-order valence-corrected chi connectivity index (χ4v) is 2.88. The number of hydrogen-bond donors (Lipinski definition) is 2. The highest BCUT2D eigenvalue weighted by atomic mass is 32.1. The van der Waals surface area contributed by atoms with Gasteiger partial charge in [-0.2, -0.15) is 13.2 Å². The van der Waals surface area contributed by atoms with Gasteiger partial charge in [0.1, 0.15) is 5.00 Å². The van der Waals surface area contributed by atoms with E-state index in [9.17, 15) is 27.9 Å². The van der Waals surface area contributed by atoms with Crippen molar-refractivity contribution in [2.75, 3.05) is 5.32 Å². The number of rotatable bonds is 5. The highest BCUT2D eigenvalue weighted by Crippen LogP contribution is 2.35. The number of aromatic carboxylic acids is 1. The number of halogens is 3. The summed E-state index contributed by atoms with van der Waals surface area (Å²) in [4.78, 5) is 22.9. The summed E-state index contributed by atoms with van der Waals surface area (Å²) in [5, 5.41) is 10.6. The molecule has 1 aromatic rings. The van der Waals surface area contributed by atoms with Gasteiger partial charge in [-0.25, -0.2) is 4.79 Å². The lowest BCUT2D eigenvalue weighted by Crippen LogP contribution is -2.30. The minimum atomic E-state index is -5.05. The SMILES string of the molecule is CCC(C)Cc1c(C)sc(NC(=O)C(F)(F)F)c1C(=O)O. The summed E-state index contributed by atoms with van der Waals surface area (Å²) in [7, 11) is 0. The van der Waals surface area contributed by atoms with Gasteiger partial charge >= 0.3 is 18.1 Å². The van der Waals surface area contributed by atoms with Gasteiger partial charge in [0, 0.05) is 4.88 Å². The second kappa shape index (κ2) is 6.46. The zero-order chi connectivity index (χ0) is 16.4. The first-order chi connectivity index (χ1) is 9.57. The third kappa shape index (κ3) is 4.20. The highest BCUT2D eigenvalue weighted by Gasteiger charge is 2.40. The molecule has 0 saturated carbocycles. The Bertz CT molecular complexity index is 552. The van der Waals surface area contributed by atoms with E-state index in [-0.39, 0.29) is 16.5 Å². The quantitative estimate of drug-likeness (QED) is 0.865. The number of hydrogen-bond acceptors (Lipinski definition) is 3. The van der Waals surface area contributed by atoms with Crippen molar-refractivity contribution >= 4 is 28.2 Å². The van der Waals surface area contributed by atoms with E-state index in [1.54, 1.807) is 12.2 Å². The van der Waals surface area contributed by atoms with Crippen LogP contribution in [0.15, 0.2) is 0 Å². The van der Waals surface area contributed by atoms with E-state index in [1.165, 1.54) is 0 Å². The van der Waals surface area contributed by atoms with Crippen LogP contribution in [0.25, 0.3) is 0 Å². The Morgan fingerprint density at radius 2 is 1.95 bits per heavy atom. The van der Waals surface area contributed by atoms with Crippen molar-refractivity contribution in [2.24, 2.45) is 5.92 Å². The number of carbonyl (C=O) groups is 2. The van der Waals surface area contributed by atoms with Crippen LogP contribution in [-0.2, 0) is 11.2 Å². The van der Waals surface area contributed by atoms with Crippen molar-refractivity contribution < 1.29 is 27.9 Å². The van der Waals surface area contributed by atoms with E-state index in [4.69, 9.17) is 0 Å². The van der Waals surface area contributed by atoms with Gasteiger partial charge in [-0.1, -0.05) is 20.3 Å². The molecule has 0 spiro atoms. The fourth-order valence-electron chi connectivity index (χ4n) is 1.81. The molecule has 4 nitrogen and oxygen atoms in total. The molecule has 1 unspecified atom stereocenters. The highest BCUT2D eigenvalue weighted by molar-refractivity contribution is 7.16. The van der Waals surface area contributed by atoms with Gasteiger partial charge in [0.2, 0.25) is 0 Å². The molecule has 2 N–H and O–H groups in total. The number of alkyl halides is 3. The number of nitrogens with one attached hydrogen (secondary N) is 1. The summed E-state index contributed by atoms with van der Waals surface area (Å²) in [6, 6.07) is 0. The maximum atomic E-state index is 12.3. The normalized spacial score (nSPS) is 13.0. The van der Waals surface area contributed by atoms with Gasteiger partial charge in [0.15, 0.2) is 0 Å². The zero-order valence-electron chi connectivity index (χ0n) is 11.8. The molecule has 21 heavy (non-hydrogen) atoms. The van der Waals surface area contributed by atoms with E-state index in [0.29, 0.717) is 16.9 Å². The molecule has 0 saturated heterocycles. The molecule has 0 bridgehead atoms. The van der Waals surface area contributed by atoms with Crippen molar-refractivity contribution in [1.29, 1.82) is 0 Å². The number of carboxylic acids is 1. The van der Waals surface area contributed by atoms with Crippen LogP contribution < -0.4 is 5.32 Å². The molecule has 1 atom stereocenters. The van der Waals surface area contributed by atoms with Crippen molar-refractivity contribution in [3.8, 4) is 0 Å². The van der Waals surface area contributed by atoms with Crippen LogP contribution in [0.4, 0.5) is 18.2 Å². The molecule has 1 amide bonds. The van der Waals surface area contributed by atoms with Gasteiger partial charge in [-0.05, 0) is 24.8 Å². The minimum Gasteiger partial charge on any atom is -0.478 e. The van der Waals surface area contributed by atoms with Crippen molar-refractivity contribution in [3.63, 3.8) is 0 Å². The smallest absolute Gasteiger partial charge is 0.471 e. The van der Waals surface area contributed by atoms with Crippen LogP contribution in [-0.4, -0.2) is 23.2 Å². The molecule has 0 radical (unpaired) electrons. The van der Waals surface area contributed by atoms with Gasteiger partial charge in [-0.3, -0.25) is 4.79 Å². The van der Waals surface area contributed by atoms with Crippen LogP contribution in [0.3, 0.4) is 0 Å². The van der Waals surface area contributed by atoms with Gasteiger partial charge < -0.3 is 10.4 Å². The minimum absolute atomic E-state index is 0.197. The largest absolute Gasteiger partial charge is 0.478 e. The molecule has 0 fully saturated rings. The summed E-state index contributed by atoms with van der Waals surface area (Å²) in [6.07, 6.45) is -3.79. The number of thiophene rings is 1. The number of aryl methyl sites for hydroxylation is 1. The van der Waals surface area contributed by atoms with Crippen LogP contribution in [0.5, 0.6) is 0 Å². The maximum absolute atomic E-state index is 12.3. The Hall–Kier alpha value is -1.57. The van der Waals surface area contributed by atoms with E-state index < -0.39 is 18.1 Å². The molecular weight excluding hydrogens is 307 g/mol. The average Bonchev–Trinajstić information content (AvgIpc) is 2.64. The second-order valence-corrected chi connectivity index (χ2v) is 6.04. The second-order valence-electron chi connectivity index (χ2n) is 4.82. The van der Waals surface area contributed by atoms with Crippen LogP contribution in [0.1, 0.15) is 41.1 Å². The summed E-state index contributed by atoms with van der Waals surface area (Å²) < 4.78 is 36.9. The van der Waals surface area contributed by atoms with E-state index >= 15 is 0 Å². The molecule has 0 aromatic carbocycles. The molecule has 0 aliphatic carbocycles. The molecule has 0 aliphatic heterocycles. The third-order valence-electron chi connectivity index (χ3n) is 3.16. The summed E-state index contributed by atoms with van der Waals surface area (Å²) in [6.45, 7) is 5.51. The Morgan fingerprint density at radius 3 is 2.38 bits per heavy atom. The first-order valence-electron chi connectivity index (χ1n) is 6.31. The van der Waals surface area contributed by atoms with Crippen molar-refractivity contribution in [2.45, 2.75) is 39.8 Å². The standard InChI is InChI=1S/C13H16F3NO3S/c1-4-6(2)5-8-7(3)21-10(9(8)11(18)19)17-12(20)13(14,15)16/h6H,4-5H2,1-3H3,(H,17,20)(H,18,19). The van der Waals surface area contributed by atoms with Crippen molar-refractivity contribution in [3.05, 3.63) is 16.0 Å². The lowest BCUT2D eigenvalue weighted by molar-refractivity contribution is -0.167. The first-order valence-corrected chi connectivity index (χ1v) is 7.13. The van der Waals surface area contributed by atoms with Gasteiger partial charge in [-0.15, -0.1) is 11.3 Å². The average molecular weight is 323 g/mol.